The number of aryl methyl sites for hydroxylation is 3. The number of phosphoric ester groups is 1. The first kappa shape index (κ1) is 30.4. The lowest BCUT2D eigenvalue weighted by molar-refractivity contribution is 0.288. The van der Waals surface area contributed by atoms with E-state index >= 15 is 0 Å². The van der Waals surface area contributed by atoms with Crippen LogP contribution < -0.4 is 9.05 Å². The van der Waals surface area contributed by atoms with E-state index in [1.54, 1.807) is 0 Å². The van der Waals surface area contributed by atoms with Crippen LogP contribution in [0.25, 0.3) is 11.1 Å². The van der Waals surface area contributed by atoms with E-state index in [0.717, 1.165) is 44.5 Å². The van der Waals surface area contributed by atoms with Crippen molar-refractivity contribution in [2.24, 2.45) is 0 Å². The van der Waals surface area contributed by atoms with Crippen LogP contribution in [0, 0.1) is 27.7 Å². The molecule has 5 rings (SSSR count). The molecule has 0 radical (unpaired) electrons. The summed E-state index contributed by atoms with van der Waals surface area (Å²) in [6.07, 6.45) is 0. The van der Waals surface area contributed by atoms with Gasteiger partial charge in [0.2, 0.25) is 0 Å². The molecule has 0 amide bonds. The van der Waals surface area contributed by atoms with Crippen LogP contribution in [0.1, 0.15) is 70.2 Å². The summed E-state index contributed by atoms with van der Waals surface area (Å²) in [4.78, 5) is 11.1. The first-order chi connectivity index (χ1) is 20.6. The van der Waals surface area contributed by atoms with Gasteiger partial charge in [0, 0.05) is 17.4 Å². The van der Waals surface area contributed by atoms with Gasteiger partial charge in [-0.05, 0) is 77.8 Å². The van der Waals surface area contributed by atoms with E-state index in [1.807, 2.05) is 94.4 Å². The Hall–Kier alpha value is -4.11. The molecule has 3 atom stereocenters. The Balaban J connectivity index is 1.49. The van der Waals surface area contributed by atoms with Crippen molar-refractivity contribution in [3.63, 3.8) is 0 Å². The third-order valence-corrected chi connectivity index (χ3v) is 9.09. The van der Waals surface area contributed by atoms with Gasteiger partial charge in [0.15, 0.2) is 0 Å². The molecular formula is C38H39O4P. The van der Waals surface area contributed by atoms with Gasteiger partial charge >= 0.3 is 7.82 Å². The highest BCUT2D eigenvalue weighted by atomic mass is 31.2. The van der Waals surface area contributed by atoms with Crippen molar-refractivity contribution < 1.29 is 18.5 Å². The lowest BCUT2D eigenvalue weighted by Gasteiger charge is -2.25. The van der Waals surface area contributed by atoms with Crippen molar-refractivity contribution in [3.8, 4) is 22.6 Å². The SMILES string of the molecule is Cc1cc(C(C)c2ccccc2)cc(C)c1OP(=O)(O)Oc1c(C)cc(C(C)c2ccccc2)c(-c2ccccc2)c1C. The molecule has 5 aromatic carbocycles. The highest BCUT2D eigenvalue weighted by molar-refractivity contribution is 7.48. The Kier molecular flexibility index (Phi) is 8.92. The van der Waals surface area contributed by atoms with Gasteiger partial charge in [-0.3, -0.25) is 4.89 Å². The Morgan fingerprint density at radius 1 is 0.581 bits per heavy atom. The zero-order valence-corrected chi connectivity index (χ0v) is 26.6. The number of benzene rings is 5. The molecule has 43 heavy (non-hydrogen) atoms. The smallest absolute Gasteiger partial charge is 0.395 e. The summed E-state index contributed by atoms with van der Waals surface area (Å²) in [5.41, 5.74) is 9.77. The fourth-order valence-corrected chi connectivity index (χ4v) is 7.02. The van der Waals surface area contributed by atoms with E-state index in [1.165, 1.54) is 11.1 Å². The van der Waals surface area contributed by atoms with Crippen molar-refractivity contribution in [1.29, 1.82) is 0 Å². The number of phosphoric acid groups is 1. The molecule has 5 heteroatoms. The molecule has 1 N–H and O–H groups in total. The predicted molar refractivity (Wildman–Crippen MR) is 176 cm³/mol. The van der Waals surface area contributed by atoms with Crippen molar-refractivity contribution >= 4 is 7.82 Å². The number of hydrogen-bond acceptors (Lipinski definition) is 3. The second kappa shape index (κ2) is 12.6. The van der Waals surface area contributed by atoms with Crippen LogP contribution in [0.15, 0.2) is 109 Å². The van der Waals surface area contributed by atoms with Gasteiger partial charge in [-0.1, -0.05) is 123 Å². The fourth-order valence-electron chi connectivity index (χ4n) is 5.95. The molecule has 0 saturated heterocycles. The maximum Gasteiger partial charge on any atom is 0.584 e. The van der Waals surface area contributed by atoms with Crippen LogP contribution in [0.5, 0.6) is 11.5 Å². The van der Waals surface area contributed by atoms with E-state index < -0.39 is 7.82 Å². The van der Waals surface area contributed by atoms with Crippen LogP contribution in [-0.4, -0.2) is 4.89 Å². The number of hydrogen-bond donors (Lipinski definition) is 1. The minimum absolute atomic E-state index is 0.0992. The quantitative estimate of drug-likeness (QED) is 0.174. The van der Waals surface area contributed by atoms with E-state index in [2.05, 4.69) is 56.3 Å². The molecule has 0 aliphatic rings. The van der Waals surface area contributed by atoms with Crippen molar-refractivity contribution in [2.45, 2.75) is 53.4 Å². The Bertz CT molecular complexity index is 1740. The summed E-state index contributed by atoms with van der Waals surface area (Å²) in [6, 6.07) is 36.8. The summed E-state index contributed by atoms with van der Waals surface area (Å²) < 4.78 is 25.3. The molecular weight excluding hydrogens is 551 g/mol. The molecule has 5 aromatic rings. The monoisotopic (exact) mass is 590 g/mol. The minimum atomic E-state index is -4.55. The van der Waals surface area contributed by atoms with Crippen LogP contribution in [-0.2, 0) is 4.57 Å². The Morgan fingerprint density at radius 2 is 1.02 bits per heavy atom. The third-order valence-electron chi connectivity index (χ3n) is 8.26. The van der Waals surface area contributed by atoms with Gasteiger partial charge in [-0.2, -0.15) is 0 Å². The summed E-state index contributed by atoms with van der Waals surface area (Å²) in [6.45, 7) is 12.0. The highest BCUT2D eigenvalue weighted by Gasteiger charge is 2.31. The molecule has 0 fully saturated rings. The number of rotatable bonds is 9. The maximum absolute atomic E-state index is 13.6. The molecule has 0 spiro atoms. The second-order valence-corrected chi connectivity index (χ2v) is 12.7. The molecule has 0 aromatic heterocycles. The lowest BCUT2D eigenvalue weighted by atomic mass is 9.83. The van der Waals surface area contributed by atoms with Crippen LogP contribution >= 0.6 is 7.82 Å². The molecule has 3 unspecified atom stereocenters. The molecule has 0 bridgehead atoms. The Labute approximate surface area is 255 Å². The van der Waals surface area contributed by atoms with Gasteiger partial charge in [0.05, 0.1) is 0 Å². The van der Waals surface area contributed by atoms with Gasteiger partial charge in [-0.25, -0.2) is 4.57 Å². The van der Waals surface area contributed by atoms with Crippen LogP contribution in [0.2, 0.25) is 0 Å². The second-order valence-electron chi connectivity index (χ2n) is 11.4. The molecule has 0 heterocycles. The summed E-state index contributed by atoms with van der Waals surface area (Å²) in [7, 11) is -4.55. The first-order valence-corrected chi connectivity index (χ1v) is 16.2. The normalized spacial score (nSPS) is 14.0. The van der Waals surface area contributed by atoms with Gasteiger partial charge in [0.1, 0.15) is 11.5 Å². The standard InChI is InChI=1S/C38H39O4P/c1-25-22-34(28(4)31-16-10-7-11-17-31)23-26(2)37(25)41-43(39,40)42-38-27(3)24-35(29(5)32-18-12-8-13-19-32)36(30(38)6)33-20-14-9-15-21-33/h7-24,28-29H,1-6H3,(H,39,40). The Morgan fingerprint density at radius 3 is 1.56 bits per heavy atom. The molecule has 4 nitrogen and oxygen atoms in total. The first-order valence-electron chi connectivity index (χ1n) is 14.7. The average molecular weight is 591 g/mol. The summed E-state index contributed by atoms with van der Waals surface area (Å²) in [5.74, 6) is 0.992. The topological polar surface area (TPSA) is 55.8 Å². The predicted octanol–water partition coefficient (Wildman–Crippen LogP) is 10.4. The van der Waals surface area contributed by atoms with Gasteiger partial charge < -0.3 is 9.05 Å². The van der Waals surface area contributed by atoms with E-state index in [4.69, 9.17) is 9.05 Å². The zero-order chi connectivity index (χ0) is 30.7. The molecule has 220 valence electrons. The average Bonchev–Trinajstić information content (AvgIpc) is 3.01. The fraction of sp³-hybridized carbons (Fsp3) is 0.211. The van der Waals surface area contributed by atoms with Gasteiger partial charge in [0.25, 0.3) is 0 Å². The van der Waals surface area contributed by atoms with E-state index in [0.29, 0.717) is 11.5 Å². The van der Waals surface area contributed by atoms with Crippen molar-refractivity contribution in [1.82, 2.24) is 0 Å². The zero-order valence-electron chi connectivity index (χ0n) is 25.7. The van der Waals surface area contributed by atoms with Crippen LogP contribution in [0.3, 0.4) is 0 Å². The summed E-state index contributed by atoms with van der Waals surface area (Å²) >= 11 is 0. The highest BCUT2D eigenvalue weighted by Crippen LogP contribution is 2.50. The van der Waals surface area contributed by atoms with Crippen molar-refractivity contribution in [3.05, 3.63) is 154 Å². The largest absolute Gasteiger partial charge is 0.584 e. The third kappa shape index (κ3) is 6.62. The van der Waals surface area contributed by atoms with E-state index in [9.17, 15) is 9.46 Å². The minimum Gasteiger partial charge on any atom is -0.395 e. The van der Waals surface area contributed by atoms with Crippen molar-refractivity contribution in [2.75, 3.05) is 0 Å². The van der Waals surface area contributed by atoms with Crippen LogP contribution in [0.4, 0.5) is 0 Å². The molecule has 0 aliphatic carbocycles. The van der Waals surface area contributed by atoms with Gasteiger partial charge in [-0.15, -0.1) is 0 Å². The summed E-state index contributed by atoms with van der Waals surface area (Å²) in [5, 5.41) is 0. The molecule has 0 saturated carbocycles. The lowest BCUT2D eigenvalue weighted by Crippen LogP contribution is -2.08. The molecule has 0 aliphatic heterocycles. The van der Waals surface area contributed by atoms with E-state index in [-0.39, 0.29) is 11.8 Å². The maximum atomic E-state index is 13.6.